The summed E-state index contributed by atoms with van der Waals surface area (Å²) in [6.45, 7) is 1.67. The molecule has 0 spiro atoms. The van der Waals surface area contributed by atoms with Crippen LogP contribution >= 0.6 is 11.6 Å². The van der Waals surface area contributed by atoms with Gasteiger partial charge in [-0.05, 0) is 25.1 Å². The van der Waals surface area contributed by atoms with Crippen LogP contribution in [0.4, 0.5) is 4.39 Å². The lowest BCUT2D eigenvalue weighted by Gasteiger charge is -1.99. The molecule has 15 heavy (non-hydrogen) atoms. The molecule has 1 aromatic carbocycles. The first-order valence-corrected chi connectivity index (χ1v) is 4.54. The third-order valence-corrected chi connectivity index (χ3v) is 2.06. The van der Waals surface area contributed by atoms with Crippen LogP contribution in [0.1, 0.15) is 5.82 Å². The van der Waals surface area contributed by atoms with E-state index in [4.69, 9.17) is 11.6 Å². The number of aryl methyl sites for hydroxylation is 1. The van der Waals surface area contributed by atoms with Gasteiger partial charge in [0.15, 0.2) is 5.82 Å². The molecule has 0 unspecified atom stereocenters. The van der Waals surface area contributed by atoms with Crippen molar-refractivity contribution < 1.29 is 4.39 Å². The van der Waals surface area contributed by atoms with Gasteiger partial charge >= 0.3 is 0 Å². The maximum Gasteiger partial charge on any atom is 0.203 e. The van der Waals surface area contributed by atoms with E-state index in [1.54, 1.807) is 13.0 Å². The lowest BCUT2D eigenvalue weighted by Crippen LogP contribution is -1.98. The second-order valence-corrected chi connectivity index (χ2v) is 3.31. The number of rotatable bonds is 1. The lowest BCUT2D eigenvalue weighted by molar-refractivity contribution is 0.628. The first kappa shape index (κ1) is 9.92. The fourth-order valence-corrected chi connectivity index (χ4v) is 1.15. The average Bonchev–Trinajstić information content (AvgIpc) is 2.23. The molecule has 2 rings (SSSR count). The molecular formula is C9H6ClFN4. The summed E-state index contributed by atoms with van der Waals surface area (Å²) in [5.74, 6) is 0.225. The fraction of sp³-hybridized carbons (Fsp3) is 0.111. The SMILES string of the molecule is Cc1nnc(-c2ccc(Cl)c(F)c2)nn1. The zero-order valence-electron chi connectivity index (χ0n) is 7.78. The zero-order chi connectivity index (χ0) is 10.8. The molecule has 1 heterocycles. The van der Waals surface area contributed by atoms with Gasteiger partial charge in [0.2, 0.25) is 5.82 Å². The molecule has 0 aliphatic carbocycles. The Bertz CT molecular complexity index is 486. The predicted molar refractivity (Wildman–Crippen MR) is 52.8 cm³/mol. The topological polar surface area (TPSA) is 51.6 Å². The standard InChI is InChI=1S/C9H6ClFN4/c1-5-12-14-9(15-13-5)6-2-3-7(10)8(11)4-6/h2-4H,1H3. The highest BCUT2D eigenvalue weighted by Gasteiger charge is 2.06. The van der Waals surface area contributed by atoms with Gasteiger partial charge in [-0.1, -0.05) is 11.6 Å². The highest BCUT2D eigenvalue weighted by atomic mass is 35.5. The van der Waals surface area contributed by atoms with E-state index >= 15 is 0 Å². The molecule has 0 aliphatic heterocycles. The molecule has 0 N–H and O–H groups in total. The van der Waals surface area contributed by atoms with Gasteiger partial charge in [0.1, 0.15) is 5.82 Å². The lowest BCUT2D eigenvalue weighted by atomic mass is 10.2. The summed E-state index contributed by atoms with van der Waals surface area (Å²) in [6.07, 6.45) is 0. The van der Waals surface area contributed by atoms with E-state index in [-0.39, 0.29) is 10.8 Å². The van der Waals surface area contributed by atoms with Gasteiger partial charge in [-0.2, -0.15) is 0 Å². The van der Waals surface area contributed by atoms with Crippen LogP contribution in [0.15, 0.2) is 18.2 Å². The molecule has 0 bridgehead atoms. The number of hydrogen-bond donors (Lipinski definition) is 0. The number of nitrogens with zero attached hydrogens (tertiary/aromatic N) is 4. The van der Waals surface area contributed by atoms with Gasteiger partial charge < -0.3 is 0 Å². The molecule has 2 aromatic rings. The highest BCUT2D eigenvalue weighted by molar-refractivity contribution is 6.30. The van der Waals surface area contributed by atoms with Crippen molar-refractivity contribution in [2.45, 2.75) is 6.92 Å². The van der Waals surface area contributed by atoms with E-state index in [0.717, 1.165) is 0 Å². The van der Waals surface area contributed by atoms with Gasteiger partial charge in [0.05, 0.1) is 5.02 Å². The van der Waals surface area contributed by atoms with Crippen LogP contribution in [0.25, 0.3) is 11.4 Å². The second kappa shape index (κ2) is 3.86. The van der Waals surface area contributed by atoms with Crippen molar-refractivity contribution in [3.8, 4) is 11.4 Å². The van der Waals surface area contributed by atoms with E-state index in [0.29, 0.717) is 11.4 Å². The second-order valence-electron chi connectivity index (χ2n) is 2.90. The van der Waals surface area contributed by atoms with E-state index < -0.39 is 5.82 Å². The third-order valence-electron chi connectivity index (χ3n) is 1.76. The predicted octanol–water partition coefficient (Wildman–Crippen LogP) is 2.03. The summed E-state index contributed by atoms with van der Waals surface area (Å²) in [4.78, 5) is 0. The minimum Gasteiger partial charge on any atom is -0.205 e. The number of aromatic nitrogens is 4. The largest absolute Gasteiger partial charge is 0.205 e. The van der Waals surface area contributed by atoms with E-state index in [1.807, 2.05) is 0 Å². The summed E-state index contributed by atoms with van der Waals surface area (Å²) >= 11 is 5.55. The molecule has 0 saturated heterocycles. The molecule has 0 aliphatic rings. The number of halogens is 2. The Morgan fingerprint density at radius 2 is 1.80 bits per heavy atom. The smallest absolute Gasteiger partial charge is 0.203 e. The Labute approximate surface area is 90.1 Å². The molecule has 0 atom stereocenters. The van der Waals surface area contributed by atoms with Crippen molar-refractivity contribution in [1.29, 1.82) is 0 Å². The highest BCUT2D eigenvalue weighted by Crippen LogP contribution is 2.20. The first-order chi connectivity index (χ1) is 7.16. The summed E-state index contributed by atoms with van der Waals surface area (Å²) in [6, 6.07) is 4.30. The summed E-state index contributed by atoms with van der Waals surface area (Å²) < 4.78 is 13.1. The van der Waals surface area contributed by atoms with Crippen LogP contribution in [-0.4, -0.2) is 20.4 Å². The Balaban J connectivity index is 2.45. The van der Waals surface area contributed by atoms with Gasteiger partial charge in [-0.25, -0.2) is 4.39 Å². The first-order valence-electron chi connectivity index (χ1n) is 4.16. The molecular weight excluding hydrogens is 219 g/mol. The quantitative estimate of drug-likeness (QED) is 0.744. The Kier molecular flexibility index (Phi) is 2.55. The van der Waals surface area contributed by atoms with Gasteiger partial charge in [0.25, 0.3) is 0 Å². The van der Waals surface area contributed by atoms with Crippen LogP contribution in [0.5, 0.6) is 0 Å². The van der Waals surface area contributed by atoms with Crippen molar-refractivity contribution in [2.24, 2.45) is 0 Å². The van der Waals surface area contributed by atoms with Crippen LogP contribution in [-0.2, 0) is 0 Å². The molecule has 76 valence electrons. The minimum absolute atomic E-state index is 0.0618. The van der Waals surface area contributed by atoms with E-state index in [2.05, 4.69) is 20.4 Å². The molecule has 0 saturated carbocycles. The van der Waals surface area contributed by atoms with Crippen molar-refractivity contribution in [3.63, 3.8) is 0 Å². The van der Waals surface area contributed by atoms with Crippen molar-refractivity contribution >= 4 is 11.6 Å². The minimum atomic E-state index is -0.515. The Morgan fingerprint density at radius 3 is 2.40 bits per heavy atom. The van der Waals surface area contributed by atoms with Gasteiger partial charge in [0, 0.05) is 5.56 Å². The average molecular weight is 225 g/mol. The van der Waals surface area contributed by atoms with Crippen LogP contribution in [0, 0.1) is 12.7 Å². The van der Waals surface area contributed by atoms with Crippen LogP contribution in [0.3, 0.4) is 0 Å². The van der Waals surface area contributed by atoms with Crippen molar-refractivity contribution in [2.75, 3.05) is 0 Å². The molecule has 0 fully saturated rings. The zero-order valence-corrected chi connectivity index (χ0v) is 8.53. The Hall–Kier alpha value is -1.62. The maximum absolute atomic E-state index is 13.1. The van der Waals surface area contributed by atoms with E-state index in [1.165, 1.54) is 12.1 Å². The van der Waals surface area contributed by atoms with Crippen LogP contribution in [0.2, 0.25) is 5.02 Å². The summed E-state index contributed by atoms with van der Waals surface area (Å²) in [5, 5.41) is 15.1. The number of benzene rings is 1. The van der Waals surface area contributed by atoms with Crippen molar-refractivity contribution in [1.82, 2.24) is 20.4 Å². The van der Waals surface area contributed by atoms with Crippen LogP contribution < -0.4 is 0 Å². The molecule has 1 aromatic heterocycles. The molecule has 0 radical (unpaired) electrons. The number of hydrogen-bond acceptors (Lipinski definition) is 4. The van der Waals surface area contributed by atoms with Gasteiger partial charge in [-0.15, -0.1) is 20.4 Å². The fourth-order valence-electron chi connectivity index (χ4n) is 1.03. The van der Waals surface area contributed by atoms with Gasteiger partial charge in [-0.3, -0.25) is 0 Å². The van der Waals surface area contributed by atoms with Crippen molar-refractivity contribution in [3.05, 3.63) is 34.9 Å². The monoisotopic (exact) mass is 224 g/mol. The molecule has 6 heteroatoms. The summed E-state index contributed by atoms with van der Waals surface area (Å²) in [5.41, 5.74) is 0.497. The molecule has 0 amide bonds. The summed E-state index contributed by atoms with van der Waals surface area (Å²) in [7, 11) is 0. The third kappa shape index (κ3) is 2.07. The normalized spacial score (nSPS) is 10.3. The van der Waals surface area contributed by atoms with E-state index in [9.17, 15) is 4.39 Å². The Morgan fingerprint density at radius 1 is 1.13 bits per heavy atom. The molecule has 4 nitrogen and oxygen atoms in total. The maximum atomic E-state index is 13.1.